The number of rotatable bonds is 4. The molecule has 2 heterocycles. The number of nitrogens with zero attached hydrogens (tertiary/aromatic N) is 2. The Bertz CT molecular complexity index is 653. The first kappa shape index (κ1) is 20.3. The molecular formula is C14H20Cl2N4OS2. The van der Waals surface area contributed by atoms with Crippen molar-refractivity contribution in [2.24, 2.45) is 5.73 Å². The van der Waals surface area contributed by atoms with Gasteiger partial charge in [0.25, 0.3) is 5.91 Å². The van der Waals surface area contributed by atoms with Gasteiger partial charge in [-0.1, -0.05) is 12.8 Å². The highest BCUT2D eigenvalue weighted by Gasteiger charge is 2.40. The largest absolute Gasteiger partial charge is 0.339 e. The van der Waals surface area contributed by atoms with Crippen molar-refractivity contribution in [3.05, 3.63) is 32.2 Å². The van der Waals surface area contributed by atoms with Crippen molar-refractivity contribution < 1.29 is 4.79 Å². The topological polar surface area (TPSA) is 80.9 Å². The van der Waals surface area contributed by atoms with E-state index in [2.05, 4.69) is 15.3 Å². The summed E-state index contributed by atoms with van der Waals surface area (Å²) in [6.45, 7) is 2.35. The molecule has 1 amide bonds. The van der Waals surface area contributed by atoms with Crippen LogP contribution in [-0.2, 0) is 12.1 Å². The van der Waals surface area contributed by atoms with Crippen LogP contribution in [0.4, 0.5) is 0 Å². The molecular weight excluding hydrogens is 375 g/mol. The molecule has 5 nitrogen and oxygen atoms in total. The quantitative estimate of drug-likeness (QED) is 0.831. The summed E-state index contributed by atoms with van der Waals surface area (Å²) in [4.78, 5) is 21.3. The molecule has 0 atom stereocenters. The van der Waals surface area contributed by atoms with Crippen molar-refractivity contribution in [3.63, 3.8) is 0 Å². The molecule has 0 saturated heterocycles. The van der Waals surface area contributed by atoms with Crippen molar-refractivity contribution in [3.8, 4) is 0 Å². The molecule has 1 aliphatic rings. The van der Waals surface area contributed by atoms with Crippen LogP contribution in [0, 0.1) is 6.92 Å². The molecule has 0 unspecified atom stereocenters. The lowest BCUT2D eigenvalue weighted by Crippen LogP contribution is -2.44. The fourth-order valence-electron chi connectivity index (χ4n) is 2.73. The lowest BCUT2D eigenvalue weighted by molar-refractivity contribution is 0.0893. The lowest BCUT2D eigenvalue weighted by atomic mass is 9.98. The molecule has 0 spiro atoms. The molecule has 2 aromatic rings. The lowest BCUT2D eigenvalue weighted by Gasteiger charge is -2.27. The van der Waals surface area contributed by atoms with Gasteiger partial charge >= 0.3 is 0 Å². The molecule has 0 aromatic carbocycles. The smallest absolute Gasteiger partial charge is 0.271 e. The highest BCUT2D eigenvalue weighted by Crippen LogP contribution is 2.40. The normalized spacial score (nSPS) is 15.6. The zero-order valence-corrected chi connectivity index (χ0v) is 16.0. The number of aryl methyl sites for hydroxylation is 1. The summed E-state index contributed by atoms with van der Waals surface area (Å²) in [6.07, 6.45) is 4.12. The van der Waals surface area contributed by atoms with Gasteiger partial charge in [-0.05, 0) is 19.8 Å². The molecule has 0 aliphatic heterocycles. The minimum absolute atomic E-state index is 0. The first-order chi connectivity index (χ1) is 10.1. The molecule has 2 aromatic heterocycles. The molecule has 0 bridgehead atoms. The molecule has 3 rings (SSSR count). The number of nitrogens with one attached hydrogen (secondary N) is 1. The summed E-state index contributed by atoms with van der Waals surface area (Å²) in [7, 11) is 0. The van der Waals surface area contributed by atoms with E-state index < -0.39 is 0 Å². The van der Waals surface area contributed by atoms with E-state index >= 15 is 0 Å². The number of aromatic nitrogens is 2. The molecule has 23 heavy (non-hydrogen) atoms. The fourth-order valence-corrected chi connectivity index (χ4v) is 4.40. The average molecular weight is 395 g/mol. The van der Waals surface area contributed by atoms with Gasteiger partial charge in [-0.15, -0.1) is 47.5 Å². The Balaban J connectivity index is 0.00000132. The summed E-state index contributed by atoms with van der Waals surface area (Å²) in [5, 5.41) is 8.79. The van der Waals surface area contributed by atoms with Crippen molar-refractivity contribution in [2.45, 2.75) is 44.7 Å². The third kappa shape index (κ3) is 4.22. The number of hydrogen-bond donors (Lipinski definition) is 2. The van der Waals surface area contributed by atoms with Crippen LogP contribution in [0.1, 0.15) is 51.9 Å². The van der Waals surface area contributed by atoms with Gasteiger partial charge < -0.3 is 11.1 Å². The molecule has 0 radical (unpaired) electrons. The Morgan fingerprint density at radius 1 is 1.26 bits per heavy atom. The van der Waals surface area contributed by atoms with Crippen LogP contribution in [0.3, 0.4) is 0 Å². The Morgan fingerprint density at radius 3 is 2.48 bits per heavy atom. The summed E-state index contributed by atoms with van der Waals surface area (Å²) in [5.74, 6) is -0.124. The summed E-state index contributed by atoms with van der Waals surface area (Å²) in [5.41, 5.74) is 6.70. The second-order valence-corrected chi connectivity index (χ2v) is 7.17. The van der Waals surface area contributed by atoms with E-state index in [0.29, 0.717) is 12.2 Å². The number of hydrogen-bond acceptors (Lipinski definition) is 6. The van der Waals surface area contributed by atoms with Gasteiger partial charge in [0.1, 0.15) is 15.7 Å². The van der Waals surface area contributed by atoms with Gasteiger partial charge in [0, 0.05) is 23.0 Å². The zero-order chi connectivity index (χ0) is 14.9. The first-order valence-electron chi connectivity index (χ1n) is 7.02. The molecule has 1 aliphatic carbocycles. The van der Waals surface area contributed by atoms with E-state index in [-0.39, 0.29) is 36.3 Å². The monoisotopic (exact) mass is 394 g/mol. The van der Waals surface area contributed by atoms with E-state index in [1.807, 2.05) is 12.3 Å². The van der Waals surface area contributed by atoms with Gasteiger partial charge in [-0.3, -0.25) is 4.79 Å². The first-order valence-corrected chi connectivity index (χ1v) is 8.78. The van der Waals surface area contributed by atoms with E-state index in [1.165, 1.54) is 11.3 Å². The van der Waals surface area contributed by atoms with Gasteiger partial charge in [-0.25, -0.2) is 9.97 Å². The maximum atomic E-state index is 12.5. The third-order valence-electron chi connectivity index (χ3n) is 3.80. The second-order valence-electron chi connectivity index (χ2n) is 5.37. The minimum Gasteiger partial charge on any atom is -0.339 e. The van der Waals surface area contributed by atoms with Crippen molar-refractivity contribution in [1.82, 2.24) is 15.3 Å². The Hall–Kier alpha value is -0.730. The molecule has 1 saturated carbocycles. The van der Waals surface area contributed by atoms with Crippen molar-refractivity contribution >= 4 is 53.4 Å². The zero-order valence-electron chi connectivity index (χ0n) is 12.7. The van der Waals surface area contributed by atoms with Crippen LogP contribution in [-0.4, -0.2) is 15.9 Å². The van der Waals surface area contributed by atoms with E-state index in [4.69, 9.17) is 5.73 Å². The predicted molar refractivity (Wildman–Crippen MR) is 99.0 cm³/mol. The van der Waals surface area contributed by atoms with Crippen LogP contribution in [0.5, 0.6) is 0 Å². The predicted octanol–water partition coefficient (Wildman–Crippen LogP) is 3.41. The second kappa shape index (κ2) is 8.39. The standard InChI is InChI=1S/C14H18N4OS2.2ClH/c1-9-7-21-13(16-9)14(4-2-3-5-14)18-12(19)10-8-20-11(6-15)17-10;;/h7-8H,2-6,15H2,1H3,(H,18,19);2*1H. The van der Waals surface area contributed by atoms with Gasteiger partial charge in [0.05, 0.1) is 5.54 Å². The number of amides is 1. The highest BCUT2D eigenvalue weighted by molar-refractivity contribution is 7.10. The number of carbonyl (C=O) groups is 1. The summed E-state index contributed by atoms with van der Waals surface area (Å²) >= 11 is 3.05. The third-order valence-corrected chi connectivity index (χ3v) is 5.83. The Morgan fingerprint density at radius 2 is 1.96 bits per heavy atom. The number of halogens is 2. The molecule has 128 valence electrons. The minimum atomic E-state index is -0.317. The average Bonchev–Trinajstić information content (AvgIpc) is 3.18. The molecule has 1 fully saturated rings. The Kier molecular flexibility index (Phi) is 7.41. The maximum Gasteiger partial charge on any atom is 0.271 e. The van der Waals surface area contributed by atoms with Crippen LogP contribution < -0.4 is 11.1 Å². The van der Waals surface area contributed by atoms with Crippen LogP contribution in [0.15, 0.2) is 10.8 Å². The van der Waals surface area contributed by atoms with Gasteiger partial charge in [0.15, 0.2) is 0 Å². The molecule has 9 heteroatoms. The number of thiazole rings is 2. The summed E-state index contributed by atoms with van der Waals surface area (Å²) in [6, 6.07) is 0. The SMILES string of the molecule is Cc1csc(C2(NC(=O)c3csc(CN)n3)CCCC2)n1.Cl.Cl. The number of carbonyl (C=O) groups excluding carboxylic acids is 1. The Labute approximate surface area is 155 Å². The maximum absolute atomic E-state index is 12.5. The van der Waals surface area contributed by atoms with Gasteiger partial charge in [0.2, 0.25) is 0 Å². The van der Waals surface area contributed by atoms with E-state index in [9.17, 15) is 4.79 Å². The van der Waals surface area contributed by atoms with Crippen molar-refractivity contribution in [1.29, 1.82) is 0 Å². The van der Waals surface area contributed by atoms with Crippen LogP contribution >= 0.6 is 47.5 Å². The van der Waals surface area contributed by atoms with Crippen LogP contribution in [0.2, 0.25) is 0 Å². The van der Waals surface area contributed by atoms with Gasteiger partial charge in [-0.2, -0.15) is 0 Å². The summed E-state index contributed by atoms with van der Waals surface area (Å²) < 4.78 is 0. The van der Waals surface area contributed by atoms with Crippen molar-refractivity contribution in [2.75, 3.05) is 0 Å². The number of nitrogens with two attached hydrogens (primary N) is 1. The van der Waals surface area contributed by atoms with E-state index in [0.717, 1.165) is 41.4 Å². The highest BCUT2D eigenvalue weighted by atomic mass is 35.5. The fraction of sp³-hybridized carbons (Fsp3) is 0.500. The molecule has 3 N–H and O–H groups in total. The van der Waals surface area contributed by atoms with Crippen LogP contribution in [0.25, 0.3) is 0 Å². The van der Waals surface area contributed by atoms with E-state index in [1.54, 1.807) is 16.7 Å².